The quantitative estimate of drug-likeness (QED) is 0.783. The number of nitrogens with zero attached hydrogens (tertiary/aromatic N) is 1. The Bertz CT molecular complexity index is 897. The predicted molar refractivity (Wildman–Crippen MR) is 106 cm³/mol. The maximum absolute atomic E-state index is 12.7. The van der Waals surface area contributed by atoms with Crippen molar-refractivity contribution < 1.29 is 13.2 Å². The Morgan fingerprint density at radius 1 is 1.19 bits per heavy atom. The first-order valence-corrected chi connectivity index (χ1v) is 10.8. The topological polar surface area (TPSA) is 66.5 Å². The minimum Gasteiger partial charge on any atom is -0.338 e. The van der Waals surface area contributed by atoms with Crippen molar-refractivity contribution >= 4 is 37.5 Å². The van der Waals surface area contributed by atoms with Gasteiger partial charge < -0.3 is 4.90 Å². The summed E-state index contributed by atoms with van der Waals surface area (Å²) in [6, 6.07) is 13.0. The maximum Gasteiger partial charge on any atom is 0.261 e. The maximum atomic E-state index is 12.7. The third kappa shape index (κ3) is 4.45. The summed E-state index contributed by atoms with van der Waals surface area (Å²) >= 11 is 3.29. The van der Waals surface area contributed by atoms with Gasteiger partial charge in [-0.1, -0.05) is 28.9 Å². The lowest BCUT2D eigenvalue weighted by Gasteiger charge is -2.31. The van der Waals surface area contributed by atoms with Crippen molar-refractivity contribution in [2.75, 3.05) is 17.8 Å². The zero-order chi connectivity index (χ0) is 18.7. The molecule has 138 valence electrons. The van der Waals surface area contributed by atoms with Crippen LogP contribution in [0.25, 0.3) is 0 Å². The van der Waals surface area contributed by atoms with Crippen molar-refractivity contribution in [1.82, 2.24) is 4.90 Å². The molecule has 5 nitrogen and oxygen atoms in total. The minimum absolute atomic E-state index is 0.0544. The van der Waals surface area contributed by atoms with Crippen molar-refractivity contribution in [2.45, 2.75) is 24.7 Å². The van der Waals surface area contributed by atoms with Crippen LogP contribution in [0.3, 0.4) is 0 Å². The number of likely N-dealkylation sites (tertiary alicyclic amines) is 1. The van der Waals surface area contributed by atoms with Crippen LogP contribution < -0.4 is 4.72 Å². The molecule has 1 heterocycles. The molecule has 1 N–H and O–H groups in total. The molecule has 2 aromatic rings. The van der Waals surface area contributed by atoms with Crippen molar-refractivity contribution in [3.05, 3.63) is 58.6 Å². The number of carbonyl (C=O) groups excluding carboxylic acids is 1. The second kappa shape index (κ2) is 7.80. The molecule has 0 radical (unpaired) electrons. The number of sulfonamides is 1. The number of nitrogens with one attached hydrogen (secondary N) is 1. The van der Waals surface area contributed by atoms with Gasteiger partial charge in [-0.05, 0) is 61.2 Å². The number of hydrogen-bond acceptors (Lipinski definition) is 3. The molecule has 0 aromatic heterocycles. The molecule has 3 rings (SSSR count). The lowest BCUT2D eigenvalue weighted by atomic mass is 9.99. The van der Waals surface area contributed by atoms with Crippen LogP contribution in [-0.4, -0.2) is 32.3 Å². The Morgan fingerprint density at radius 2 is 1.92 bits per heavy atom. The van der Waals surface area contributed by atoms with E-state index in [-0.39, 0.29) is 10.8 Å². The van der Waals surface area contributed by atoms with E-state index in [1.54, 1.807) is 36.4 Å². The molecule has 0 saturated carbocycles. The number of anilines is 1. The third-order valence-electron chi connectivity index (χ3n) is 4.43. The lowest BCUT2D eigenvalue weighted by Crippen LogP contribution is -2.39. The molecule has 0 spiro atoms. The van der Waals surface area contributed by atoms with Gasteiger partial charge in [-0.15, -0.1) is 0 Å². The fourth-order valence-corrected chi connectivity index (χ4v) is 4.41. The zero-order valence-electron chi connectivity index (χ0n) is 14.5. The molecule has 7 heteroatoms. The highest BCUT2D eigenvalue weighted by Crippen LogP contribution is 2.22. The molecule has 26 heavy (non-hydrogen) atoms. The van der Waals surface area contributed by atoms with Crippen LogP contribution in [0.5, 0.6) is 0 Å². The minimum atomic E-state index is -3.70. The summed E-state index contributed by atoms with van der Waals surface area (Å²) in [5.74, 6) is 0.438. The Morgan fingerprint density at radius 3 is 2.62 bits per heavy atom. The Kier molecular flexibility index (Phi) is 5.67. The number of carbonyl (C=O) groups is 1. The Hall–Kier alpha value is -1.86. The molecule has 1 aliphatic rings. The summed E-state index contributed by atoms with van der Waals surface area (Å²) in [7, 11) is -3.70. The molecule has 1 unspecified atom stereocenters. The molecule has 0 bridgehead atoms. The van der Waals surface area contributed by atoms with Crippen molar-refractivity contribution in [1.29, 1.82) is 0 Å². The lowest BCUT2D eigenvalue weighted by molar-refractivity contribution is 0.0683. The van der Waals surface area contributed by atoms with Gasteiger partial charge in [0.1, 0.15) is 0 Å². The largest absolute Gasteiger partial charge is 0.338 e. The average molecular weight is 437 g/mol. The monoisotopic (exact) mass is 436 g/mol. The third-order valence-corrected chi connectivity index (χ3v) is 6.36. The number of halogens is 1. The van der Waals surface area contributed by atoms with Gasteiger partial charge in [-0.2, -0.15) is 0 Å². The standard InChI is InChI=1S/C19H21BrN2O3S/c1-14-4-3-11-22(13-14)19(23)15-5-2-6-17(12-15)21-26(24,25)18-9-7-16(20)8-10-18/h2,5-10,12,14,21H,3-4,11,13H2,1H3. The first-order valence-electron chi connectivity index (χ1n) is 8.53. The average Bonchev–Trinajstić information content (AvgIpc) is 2.61. The Balaban J connectivity index is 1.78. The highest BCUT2D eigenvalue weighted by atomic mass is 79.9. The van der Waals surface area contributed by atoms with Gasteiger partial charge in [0.05, 0.1) is 4.90 Å². The van der Waals surface area contributed by atoms with Crippen LogP contribution in [0.2, 0.25) is 0 Å². The van der Waals surface area contributed by atoms with Crippen molar-refractivity contribution in [3.8, 4) is 0 Å². The molecule has 2 aromatic carbocycles. The normalized spacial score (nSPS) is 17.8. The number of piperidine rings is 1. The van der Waals surface area contributed by atoms with Crippen LogP contribution in [0.1, 0.15) is 30.1 Å². The molecule has 1 atom stereocenters. The smallest absolute Gasteiger partial charge is 0.261 e. The molecule has 1 aliphatic heterocycles. The van der Waals surface area contributed by atoms with Crippen LogP contribution in [-0.2, 0) is 10.0 Å². The number of benzene rings is 2. The second-order valence-electron chi connectivity index (χ2n) is 6.64. The first kappa shape index (κ1) is 18.9. The van der Waals surface area contributed by atoms with E-state index in [1.807, 2.05) is 4.90 Å². The number of amides is 1. The van der Waals surface area contributed by atoms with Gasteiger partial charge in [0.15, 0.2) is 0 Å². The van der Waals surface area contributed by atoms with Gasteiger partial charge >= 0.3 is 0 Å². The molecular formula is C19H21BrN2O3S. The van der Waals surface area contributed by atoms with Gasteiger partial charge in [0.25, 0.3) is 15.9 Å². The highest BCUT2D eigenvalue weighted by molar-refractivity contribution is 9.10. The summed E-state index contributed by atoms with van der Waals surface area (Å²) in [4.78, 5) is 14.7. The Labute approximate surface area is 162 Å². The van der Waals surface area contributed by atoms with E-state index in [4.69, 9.17) is 0 Å². The molecule has 1 saturated heterocycles. The summed E-state index contributed by atoms with van der Waals surface area (Å²) in [6.45, 7) is 3.63. The van der Waals surface area contributed by atoms with E-state index >= 15 is 0 Å². The van der Waals surface area contributed by atoms with Gasteiger partial charge in [-0.25, -0.2) is 8.42 Å². The number of hydrogen-bond donors (Lipinski definition) is 1. The van der Waals surface area contributed by atoms with Crippen molar-refractivity contribution in [3.63, 3.8) is 0 Å². The molecule has 1 fully saturated rings. The van der Waals surface area contributed by atoms with Gasteiger partial charge in [0, 0.05) is 28.8 Å². The van der Waals surface area contributed by atoms with E-state index < -0.39 is 10.0 Å². The molecular weight excluding hydrogens is 416 g/mol. The summed E-state index contributed by atoms with van der Waals surface area (Å²) in [5.41, 5.74) is 0.874. The first-order chi connectivity index (χ1) is 12.3. The van der Waals surface area contributed by atoms with E-state index in [0.717, 1.165) is 30.4 Å². The fraction of sp³-hybridized carbons (Fsp3) is 0.316. The van der Waals surface area contributed by atoms with Crippen LogP contribution >= 0.6 is 15.9 Å². The second-order valence-corrected chi connectivity index (χ2v) is 9.24. The summed E-state index contributed by atoms with van der Waals surface area (Å²) in [6.07, 6.45) is 2.14. The van der Waals surface area contributed by atoms with Gasteiger partial charge in [-0.3, -0.25) is 9.52 Å². The van der Waals surface area contributed by atoms with Crippen molar-refractivity contribution in [2.24, 2.45) is 5.92 Å². The molecule has 0 aliphatic carbocycles. The van der Waals surface area contributed by atoms with E-state index in [1.165, 1.54) is 12.1 Å². The SMILES string of the molecule is CC1CCCN(C(=O)c2cccc(NS(=O)(=O)c3ccc(Br)cc3)c2)C1. The zero-order valence-corrected chi connectivity index (χ0v) is 16.9. The van der Waals surface area contributed by atoms with E-state index in [0.29, 0.717) is 17.2 Å². The van der Waals surface area contributed by atoms with Crippen LogP contribution in [0, 0.1) is 5.92 Å². The number of rotatable bonds is 4. The molecule has 1 amide bonds. The van der Waals surface area contributed by atoms with E-state index in [2.05, 4.69) is 27.6 Å². The van der Waals surface area contributed by atoms with Crippen LogP contribution in [0.15, 0.2) is 57.9 Å². The van der Waals surface area contributed by atoms with E-state index in [9.17, 15) is 13.2 Å². The predicted octanol–water partition coefficient (Wildman–Crippen LogP) is 4.12. The van der Waals surface area contributed by atoms with Gasteiger partial charge in [0.2, 0.25) is 0 Å². The van der Waals surface area contributed by atoms with Crippen LogP contribution in [0.4, 0.5) is 5.69 Å². The fourth-order valence-electron chi connectivity index (χ4n) is 3.10. The summed E-state index contributed by atoms with van der Waals surface area (Å²) in [5, 5.41) is 0. The highest BCUT2D eigenvalue weighted by Gasteiger charge is 2.22. The summed E-state index contributed by atoms with van der Waals surface area (Å²) < 4.78 is 28.4.